The summed E-state index contributed by atoms with van der Waals surface area (Å²) in [6.45, 7) is 1.63. The number of hydrogen-bond acceptors (Lipinski definition) is 5. The monoisotopic (exact) mass is 496 g/mol. The molecule has 2 aromatic heterocycles. The lowest BCUT2D eigenvalue weighted by atomic mass is 10.1. The molecule has 2 N–H and O–H groups in total. The largest absolute Gasteiger partial charge is 0.481 e. The summed E-state index contributed by atoms with van der Waals surface area (Å²) in [4.78, 5) is 30.5. The summed E-state index contributed by atoms with van der Waals surface area (Å²) < 4.78 is 7.74. The van der Waals surface area contributed by atoms with Crippen molar-refractivity contribution in [2.45, 2.75) is 23.7 Å². The van der Waals surface area contributed by atoms with Gasteiger partial charge in [0.15, 0.2) is 6.10 Å². The van der Waals surface area contributed by atoms with E-state index >= 15 is 0 Å². The van der Waals surface area contributed by atoms with Gasteiger partial charge in [-0.05, 0) is 66.2 Å². The van der Waals surface area contributed by atoms with Crippen molar-refractivity contribution in [2.75, 3.05) is 0 Å². The van der Waals surface area contributed by atoms with Crippen molar-refractivity contribution in [3.63, 3.8) is 0 Å². The number of benzene rings is 3. The fourth-order valence-electron chi connectivity index (χ4n) is 3.71. The Balaban J connectivity index is 1.10. The van der Waals surface area contributed by atoms with Gasteiger partial charge in [0.25, 0.3) is 11.8 Å². The smallest absolute Gasteiger partial charge is 0.279 e. The second-order valence-corrected chi connectivity index (χ2v) is 9.27. The molecule has 0 aliphatic rings. The maximum atomic E-state index is 12.5. The molecule has 1 unspecified atom stereocenters. The number of fused-ring (bicyclic) bond motifs is 2. The van der Waals surface area contributed by atoms with Crippen LogP contribution in [0.3, 0.4) is 0 Å². The van der Waals surface area contributed by atoms with E-state index in [1.165, 1.54) is 0 Å². The van der Waals surface area contributed by atoms with Gasteiger partial charge in [-0.2, -0.15) is 0 Å². The molecule has 2 amide bonds. The predicted molar refractivity (Wildman–Crippen MR) is 141 cm³/mol. The van der Waals surface area contributed by atoms with Crippen molar-refractivity contribution in [2.24, 2.45) is 0 Å². The van der Waals surface area contributed by atoms with E-state index in [1.807, 2.05) is 89.6 Å². The number of pyridine rings is 1. The average molecular weight is 497 g/mol. The zero-order chi connectivity index (χ0) is 24.9. The minimum Gasteiger partial charge on any atom is -0.481 e. The molecule has 0 radical (unpaired) electrons. The lowest BCUT2D eigenvalue weighted by molar-refractivity contribution is -0.128. The molecule has 0 aliphatic carbocycles. The van der Waals surface area contributed by atoms with Gasteiger partial charge in [-0.1, -0.05) is 36.4 Å². The fourth-order valence-corrected chi connectivity index (χ4v) is 4.49. The first-order valence-electron chi connectivity index (χ1n) is 11.5. The van der Waals surface area contributed by atoms with Crippen LogP contribution in [0, 0.1) is 0 Å². The van der Waals surface area contributed by atoms with Crippen molar-refractivity contribution >= 4 is 40.0 Å². The van der Waals surface area contributed by atoms with Gasteiger partial charge in [-0.3, -0.25) is 20.4 Å². The summed E-state index contributed by atoms with van der Waals surface area (Å²) in [7, 11) is 0. The van der Waals surface area contributed by atoms with Gasteiger partial charge in [0.05, 0.1) is 5.69 Å². The van der Waals surface area contributed by atoms with Gasteiger partial charge in [0, 0.05) is 28.6 Å². The van der Waals surface area contributed by atoms with E-state index in [2.05, 4.69) is 15.8 Å². The van der Waals surface area contributed by atoms with E-state index in [0.717, 1.165) is 32.8 Å². The van der Waals surface area contributed by atoms with E-state index in [9.17, 15) is 9.59 Å². The van der Waals surface area contributed by atoms with Crippen molar-refractivity contribution in [3.05, 3.63) is 109 Å². The highest BCUT2D eigenvalue weighted by atomic mass is 32.2. The Kier molecular flexibility index (Phi) is 6.86. The van der Waals surface area contributed by atoms with Gasteiger partial charge in [0.2, 0.25) is 0 Å². The number of hydrazine groups is 1. The number of carbonyl (C=O) groups excluding carboxylic acids is 2. The van der Waals surface area contributed by atoms with Gasteiger partial charge < -0.3 is 9.14 Å². The van der Waals surface area contributed by atoms with Crippen LogP contribution in [0.4, 0.5) is 0 Å². The van der Waals surface area contributed by atoms with Crippen molar-refractivity contribution in [1.29, 1.82) is 0 Å². The molecule has 3 aromatic carbocycles. The first-order valence-corrected chi connectivity index (χ1v) is 12.4. The number of aromatic nitrogens is 2. The number of thioether (sulfide) groups is 1. The summed E-state index contributed by atoms with van der Waals surface area (Å²) in [5.41, 5.74) is 7.22. The third-order valence-corrected chi connectivity index (χ3v) is 6.66. The maximum Gasteiger partial charge on any atom is 0.279 e. The lowest BCUT2D eigenvalue weighted by Crippen LogP contribution is -2.47. The molecule has 0 aliphatic heterocycles. The Hall–Kier alpha value is -4.30. The predicted octanol–water partition coefficient (Wildman–Crippen LogP) is 5.01. The molecule has 180 valence electrons. The minimum absolute atomic E-state index is 0.404. The van der Waals surface area contributed by atoms with Crippen LogP contribution in [-0.2, 0) is 10.5 Å². The molecule has 5 rings (SSSR count). The highest BCUT2D eigenvalue weighted by Crippen LogP contribution is 2.23. The summed E-state index contributed by atoms with van der Waals surface area (Å²) in [5.74, 6) is 0.451. The third-order valence-electron chi connectivity index (χ3n) is 5.62. The van der Waals surface area contributed by atoms with E-state index in [-0.39, 0.29) is 0 Å². The van der Waals surface area contributed by atoms with Crippen LogP contribution < -0.4 is 15.6 Å². The van der Waals surface area contributed by atoms with Gasteiger partial charge in [-0.15, -0.1) is 11.8 Å². The van der Waals surface area contributed by atoms with E-state index in [1.54, 1.807) is 30.8 Å². The zero-order valence-corrected chi connectivity index (χ0v) is 20.4. The van der Waals surface area contributed by atoms with Crippen molar-refractivity contribution in [3.8, 4) is 5.75 Å². The SMILES string of the molecule is CC(Oc1ccc2ccccc2c1)C(=O)NNC(=O)c1ccc(SCc2cn3ccccc3n2)cc1. The van der Waals surface area contributed by atoms with Gasteiger partial charge >= 0.3 is 0 Å². The number of amides is 2. The molecule has 7 nitrogen and oxygen atoms in total. The zero-order valence-electron chi connectivity index (χ0n) is 19.5. The summed E-state index contributed by atoms with van der Waals surface area (Å²) in [5, 5.41) is 2.12. The molecule has 8 heteroatoms. The fraction of sp³-hybridized carbons (Fsp3) is 0.107. The minimum atomic E-state index is -0.787. The van der Waals surface area contributed by atoms with E-state index in [4.69, 9.17) is 4.74 Å². The molecule has 0 spiro atoms. The van der Waals surface area contributed by atoms with Crippen molar-refractivity contribution in [1.82, 2.24) is 20.2 Å². The maximum absolute atomic E-state index is 12.5. The molecule has 0 saturated heterocycles. The Bertz CT molecular complexity index is 1500. The van der Waals surface area contributed by atoms with Gasteiger partial charge in [-0.25, -0.2) is 4.98 Å². The number of ether oxygens (including phenoxy) is 1. The highest BCUT2D eigenvalue weighted by Gasteiger charge is 2.16. The number of rotatable bonds is 7. The standard InChI is InChI=1S/C28H24N4O3S/c1-19(35-24-12-9-20-6-2-3-7-22(20)16-24)27(33)30-31-28(34)21-10-13-25(14-11-21)36-18-23-17-32-15-5-4-8-26(32)29-23/h2-17,19H,18H2,1H3,(H,30,33)(H,31,34). The number of hydrogen-bond donors (Lipinski definition) is 2. The lowest BCUT2D eigenvalue weighted by Gasteiger charge is -2.15. The summed E-state index contributed by atoms with van der Waals surface area (Å²) in [6, 6.07) is 26.7. The van der Waals surface area contributed by atoms with Gasteiger partial charge in [0.1, 0.15) is 11.4 Å². The first-order chi connectivity index (χ1) is 17.5. The second kappa shape index (κ2) is 10.5. The van der Waals surface area contributed by atoms with Crippen LogP contribution in [0.5, 0.6) is 5.75 Å². The molecule has 2 heterocycles. The van der Waals surface area contributed by atoms with E-state index < -0.39 is 17.9 Å². The molecule has 0 bridgehead atoms. The first kappa shape index (κ1) is 23.4. The summed E-state index contributed by atoms with van der Waals surface area (Å²) >= 11 is 1.64. The number of carbonyl (C=O) groups is 2. The highest BCUT2D eigenvalue weighted by molar-refractivity contribution is 7.98. The molecule has 1 atom stereocenters. The molecular weight excluding hydrogens is 472 g/mol. The molecule has 0 saturated carbocycles. The topological polar surface area (TPSA) is 84.7 Å². The molecule has 5 aromatic rings. The van der Waals surface area contributed by atoms with Crippen LogP contribution in [0.15, 0.2) is 102 Å². The molecule has 36 heavy (non-hydrogen) atoms. The summed E-state index contributed by atoms with van der Waals surface area (Å²) in [6.07, 6.45) is 3.20. The molecular formula is C28H24N4O3S. The average Bonchev–Trinajstić information content (AvgIpc) is 3.33. The Morgan fingerprint density at radius 3 is 2.53 bits per heavy atom. The van der Waals surface area contributed by atoms with Crippen LogP contribution in [0.1, 0.15) is 23.0 Å². The Morgan fingerprint density at radius 1 is 0.944 bits per heavy atom. The van der Waals surface area contributed by atoms with Crippen LogP contribution in [0.2, 0.25) is 0 Å². The van der Waals surface area contributed by atoms with Crippen LogP contribution in [0.25, 0.3) is 16.4 Å². The molecule has 0 fully saturated rings. The number of nitrogens with zero attached hydrogens (tertiary/aromatic N) is 2. The van der Waals surface area contributed by atoms with Crippen LogP contribution >= 0.6 is 11.8 Å². The second-order valence-electron chi connectivity index (χ2n) is 8.22. The van der Waals surface area contributed by atoms with Crippen LogP contribution in [-0.4, -0.2) is 27.3 Å². The third kappa shape index (κ3) is 5.50. The number of nitrogens with one attached hydrogen (secondary N) is 2. The van der Waals surface area contributed by atoms with Crippen molar-refractivity contribution < 1.29 is 14.3 Å². The quantitative estimate of drug-likeness (QED) is 0.244. The Labute approximate surface area is 212 Å². The normalized spacial score (nSPS) is 11.8. The number of imidazole rings is 1. The Morgan fingerprint density at radius 2 is 1.72 bits per heavy atom. The van der Waals surface area contributed by atoms with E-state index in [0.29, 0.717) is 11.3 Å².